The Balaban J connectivity index is 1.50. The summed E-state index contributed by atoms with van der Waals surface area (Å²) in [5.74, 6) is 1.91. The van der Waals surface area contributed by atoms with E-state index in [0.29, 0.717) is 29.3 Å². The van der Waals surface area contributed by atoms with E-state index in [-0.39, 0.29) is 30.6 Å². The summed E-state index contributed by atoms with van der Waals surface area (Å²) in [4.78, 5) is 30.0. The van der Waals surface area contributed by atoms with Crippen LogP contribution in [0.4, 0.5) is 10.6 Å². The van der Waals surface area contributed by atoms with E-state index in [2.05, 4.69) is 20.5 Å². The highest BCUT2D eigenvalue weighted by Crippen LogP contribution is 2.40. The van der Waals surface area contributed by atoms with Crippen LogP contribution in [0, 0.1) is 12.8 Å². The number of nitrogens with zero attached hydrogens (tertiary/aromatic N) is 3. The van der Waals surface area contributed by atoms with Gasteiger partial charge in [-0.3, -0.25) is 9.89 Å². The second-order valence-corrected chi connectivity index (χ2v) is 8.36. The van der Waals surface area contributed by atoms with Crippen LogP contribution in [-0.2, 0) is 16.0 Å². The maximum absolute atomic E-state index is 12.2. The largest absolute Gasteiger partial charge is 0.446 e. The molecule has 9 nitrogen and oxygen atoms in total. The lowest BCUT2D eigenvalue weighted by atomic mass is 9.98. The molecule has 2 amide bonds. The average molecular weight is 418 g/mol. The van der Waals surface area contributed by atoms with Crippen LogP contribution < -0.4 is 5.32 Å². The molecule has 0 saturated heterocycles. The zero-order chi connectivity index (χ0) is 21.8. The van der Waals surface area contributed by atoms with E-state index >= 15 is 0 Å². The molecule has 0 aromatic carbocycles. The number of aryl methyl sites for hydroxylation is 1. The predicted octanol–water partition coefficient (Wildman–Crippen LogP) is 3.64. The van der Waals surface area contributed by atoms with Gasteiger partial charge in [-0.05, 0) is 52.9 Å². The minimum Gasteiger partial charge on any atom is -0.446 e. The van der Waals surface area contributed by atoms with Crippen molar-refractivity contribution in [1.29, 1.82) is 0 Å². The fourth-order valence-corrected chi connectivity index (χ4v) is 3.69. The van der Waals surface area contributed by atoms with Crippen LogP contribution in [0.15, 0.2) is 16.7 Å². The molecule has 0 radical (unpaired) electrons. The van der Waals surface area contributed by atoms with Crippen molar-refractivity contribution in [1.82, 2.24) is 20.1 Å². The first kappa shape index (κ1) is 21.9. The highest BCUT2D eigenvalue weighted by Gasteiger charge is 2.33. The van der Waals surface area contributed by atoms with E-state index in [1.165, 1.54) is 0 Å². The minimum absolute atomic E-state index is 0.0647. The zero-order valence-electron chi connectivity index (χ0n) is 18.3. The SMILES string of the molecule is Cc1cnc(CC(=O)Nc2cc([C@H]3CC[C@@H](C(C)OC(=O)N(C)C(C)C)C3)[nH]n2)o1. The Morgan fingerprint density at radius 2 is 2.13 bits per heavy atom. The van der Waals surface area contributed by atoms with Gasteiger partial charge in [0.25, 0.3) is 0 Å². The predicted molar refractivity (Wildman–Crippen MR) is 111 cm³/mol. The molecule has 1 aliphatic carbocycles. The number of ether oxygens (including phenoxy) is 1. The molecular formula is C21H31N5O4. The van der Waals surface area contributed by atoms with Crippen molar-refractivity contribution in [2.75, 3.05) is 12.4 Å². The quantitative estimate of drug-likeness (QED) is 0.711. The number of aromatic amines is 1. The highest BCUT2D eigenvalue weighted by molar-refractivity contribution is 5.90. The van der Waals surface area contributed by atoms with Crippen molar-refractivity contribution >= 4 is 17.8 Å². The normalized spacial score (nSPS) is 19.7. The van der Waals surface area contributed by atoms with Crippen molar-refractivity contribution in [2.45, 2.75) is 71.4 Å². The molecule has 0 spiro atoms. The van der Waals surface area contributed by atoms with Gasteiger partial charge >= 0.3 is 6.09 Å². The average Bonchev–Trinajstić information content (AvgIpc) is 3.41. The number of anilines is 1. The summed E-state index contributed by atoms with van der Waals surface area (Å²) >= 11 is 0. The number of amides is 2. The van der Waals surface area contributed by atoms with Gasteiger partial charge in [0.15, 0.2) is 5.82 Å². The maximum atomic E-state index is 12.2. The van der Waals surface area contributed by atoms with E-state index in [9.17, 15) is 9.59 Å². The number of oxazole rings is 1. The number of hydrogen-bond donors (Lipinski definition) is 2. The topological polar surface area (TPSA) is 113 Å². The fraction of sp³-hybridized carbons (Fsp3) is 0.619. The maximum Gasteiger partial charge on any atom is 0.410 e. The molecule has 3 atom stereocenters. The van der Waals surface area contributed by atoms with Crippen molar-refractivity contribution in [2.24, 2.45) is 5.92 Å². The lowest BCUT2D eigenvalue weighted by Crippen LogP contribution is -2.36. The summed E-state index contributed by atoms with van der Waals surface area (Å²) in [6.07, 6.45) is 4.10. The lowest BCUT2D eigenvalue weighted by Gasteiger charge is -2.26. The molecule has 2 aromatic rings. The van der Waals surface area contributed by atoms with Gasteiger partial charge in [-0.2, -0.15) is 5.10 Å². The molecule has 2 N–H and O–H groups in total. The van der Waals surface area contributed by atoms with Crippen LogP contribution >= 0.6 is 0 Å². The van der Waals surface area contributed by atoms with E-state index in [1.807, 2.05) is 26.8 Å². The smallest absolute Gasteiger partial charge is 0.410 e. The molecule has 30 heavy (non-hydrogen) atoms. The second kappa shape index (κ2) is 9.32. The first-order valence-corrected chi connectivity index (χ1v) is 10.4. The van der Waals surface area contributed by atoms with Crippen LogP contribution in [0.3, 0.4) is 0 Å². The number of carbonyl (C=O) groups is 2. The standard InChI is InChI=1S/C21H31N5O4/c1-12(2)26(5)21(28)30-14(4)15-6-7-16(8-15)17-9-18(25-24-17)23-19(27)10-20-22-11-13(3)29-20/h9,11-12,14-16H,6-8,10H2,1-5H3,(H2,23,24,25,27)/t14?,15-,16+/m1/s1. The van der Waals surface area contributed by atoms with Crippen molar-refractivity contribution < 1.29 is 18.7 Å². The van der Waals surface area contributed by atoms with Gasteiger partial charge in [0.1, 0.15) is 18.3 Å². The number of nitrogens with one attached hydrogen (secondary N) is 2. The molecule has 2 aromatic heterocycles. The minimum atomic E-state index is -0.284. The summed E-state index contributed by atoms with van der Waals surface area (Å²) in [5.41, 5.74) is 0.984. The lowest BCUT2D eigenvalue weighted by molar-refractivity contribution is -0.115. The van der Waals surface area contributed by atoms with Crippen LogP contribution in [0.1, 0.15) is 63.3 Å². The molecule has 2 heterocycles. The Kier molecular flexibility index (Phi) is 6.79. The molecule has 1 saturated carbocycles. The highest BCUT2D eigenvalue weighted by atomic mass is 16.6. The van der Waals surface area contributed by atoms with Gasteiger partial charge in [0.05, 0.1) is 6.20 Å². The monoisotopic (exact) mass is 417 g/mol. The summed E-state index contributed by atoms with van der Waals surface area (Å²) in [6.45, 7) is 7.66. The first-order valence-electron chi connectivity index (χ1n) is 10.4. The van der Waals surface area contributed by atoms with Crippen molar-refractivity contribution in [3.63, 3.8) is 0 Å². The Hall–Kier alpha value is -2.84. The van der Waals surface area contributed by atoms with Gasteiger partial charge in [0.2, 0.25) is 11.8 Å². The molecule has 3 rings (SSSR count). The molecule has 0 bridgehead atoms. The van der Waals surface area contributed by atoms with Crippen LogP contribution in [0.25, 0.3) is 0 Å². The number of H-pyrrole nitrogens is 1. The van der Waals surface area contributed by atoms with Gasteiger partial charge in [-0.25, -0.2) is 9.78 Å². The molecule has 1 aliphatic rings. The molecule has 9 heteroatoms. The van der Waals surface area contributed by atoms with E-state index in [1.54, 1.807) is 25.1 Å². The van der Waals surface area contributed by atoms with Crippen LogP contribution in [0.5, 0.6) is 0 Å². The molecular weight excluding hydrogens is 386 g/mol. The Labute approximate surface area is 176 Å². The molecule has 0 aliphatic heterocycles. The Bertz CT molecular complexity index is 874. The number of carbonyl (C=O) groups excluding carboxylic acids is 2. The third kappa shape index (κ3) is 5.40. The van der Waals surface area contributed by atoms with Gasteiger partial charge < -0.3 is 19.4 Å². The Morgan fingerprint density at radius 1 is 1.37 bits per heavy atom. The van der Waals surface area contributed by atoms with Crippen molar-refractivity contribution in [3.8, 4) is 0 Å². The number of hydrogen-bond acceptors (Lipinski definition) is 6. The summed E-state index contributed by atoms with van der Waals surface area (Å²) < 4.78 is 11.0. The third-order valence-corrected chi connectivity index (χ3v) is 5.77. The molecule has 1 fully saturated rings. The zero-order valence-corrected chi connectivity index (χ0v) is 18.3. The van der Waals surface area contributed by atoms with Gasteiger partial charge in [-0.15, -0.1) is 0 Å². The fourth-order valence-electron chi connectivity index (χ4n) is 3.69. The van der Waals surface area contributed by atoms with Gasteiger partial charge in [0, 0.05) is 30.8 Å². The molecule has 1 unspecified atom stereocenters. The van der Waals surface area contributed by atoms with E-state index < -0.39 is 0 Å². The first-order chi connectivity index (χ1) is 14.2. The number of rotatable bonds is 7. The summed E-state index contributed by atoms with van der Waals surface area (Å²) in [6, 6.07) is 1.97. The summed E-state index contributed by atoms with van der Waals surface area (Å²) in [7, 11) is 1.75. The second-order valence-electron chi connectivity index (χ2n) is 8.36. The van der Waals surface area contributed by atoms with Gasteiger partial charge in [-0.1, -0.05) is 0 Å². The van der Waals surface area contributed by atoms with Crippen molar-refractivity contribution in [3.05, 3.63) is 29.6 Å². The molecule has 164 valence electrons. The Morgan fingerprint density at radius 3 is 2.80 bits per heavy atom. The van der Waals surface area contributed by atoms with E-state index in [0.717, 1.165) is 25.0 Å². The van der Waals surface area contributed by atoms with Crippen LogP contribution in [0.2, 0.25) is 0 Å². The van der Waals surface area contributed by atoms with E-state index in [4.69, 9.17) is 9.15 Å². The number of aromatic nitrogens is 3. The summed E-state index contributed by atoms with van der Waals surface area (Å²) in [5, 5.41) is 10.0. The third-order valence-electron chi connectivity index (χ3n) is 5.77. The van der Waals surface area contributed by atoms with Crippen LogP contribution in [-0.4, -0.2) is 51.3 Å².